The number of aryl methyl sites for hydroxylation is 1. The van der Waals surface area contributed by atoms with Crippen molar-refractivity contribution in [3.63, 3.8) is 0 Å². The van der Waals surface area contributed by atoms with Crippen molar-refractivity contribution in [3.8, 4) is 0 Å². The van der Waals surface area contributed by atoms with Crippen LogP contribution in [0.2, 0.25) is 0 Å². The summed E-state index contributed by atoms with van der Waals surface area (Å²) in [6.07, 6.45) is 7.07. The molecule has 0 bridgehead atoms. The van der Waals surface area contributed by atoms with Gasteiger partial charge in [0.05, 0.1) is 6.10 Å². The van der Waals surface area contributed by atoms with Gasteiger partial charge in [-0.05, 0) is 62.6 Å². The first-order valence-corrected chi connectivity index (χ1v) is 10.7. The second-order valence-corrected chi connectivity index (χ2v) is 8.91. The van der Waals surface area contributed by atoms with Crippen LogP contribution in [0.3, 0.4) is 0 Å². The van der Waals surface area contributed by atoms with E-state index >= 15 is 0 Å². The minimum atomic E-state index is -0.328. The minimum Gasteiger partial charge on any atom is -0.388 e. The van der Waals surface area contributed by atoms with E-state index < -0.39 is 0 Å². The van der Waals surface area contributed by atoms with Crippen molar-refractivity contribution in [1.82, 2.24) is 4.90 Å². The molecule has 1 N–H and O–H groups in total. The Bertz CT molecular complexity index is 720. The molecule has 2 aromatic carbocycles. The Balaban J connectivity index is 1.38. The fourth-order valence-corrected chi connectivity index (χ4v) is 5.09. The zero-order chi connectivity index (χ0) is 18.7. The average molecular weight is 364 g/mol. The smallest absolute Gasteiger partial charge is 0.0793 e. The lowest BCUT2D eigenvalue weighted by molar-refractivity contribution is 0.0714. The van der Waals surface area contributed by atoms with E-state index in [1.54, 1.807) is 0 Å². The van der Waals surface area contributed by atoms with Crippen LogP contribution >= 0.6 is 0 Å². The highest BCUT2D eigenvalue weighted by Gasteiger charge is 2.40. The number of hydrogen-bond acceptors (Lipinski definition) is 2. The zero-order valence-electron chi connectivity index (χ0n) is 16.6. The molecule has 1 aliphatic heterocycles. The van der Waals surface area contributed by atoms with Gasteiger partial charge in [0.25, 0.3) is 0 Å². The number of nitrogens with zero attached hydrogens (tertiary/aromatic N) is 1. The van der Waals surface area contributed by atoms with Gasteiger partial charge in [0, 0.05) is 18.5 Å². The van der Waals surface area contributed by atoms with Gasteiger partial charge in [-0.25, -0.2) is 0 Å². The molecule has 0 radical (unpaired) electrons. The van der Waals surface area contributed by atoms with Gasteiger partial charge >= 0.3 is 0 Å². The highest BCUT2D eigenvalue weighted by molar-refractivity contribution is 5.31. The van der Waals surface area contributed by atoms with E-state index in [2.05, 4.69) is 36.1 Å². The molecular weight excluding hydrogens is 330 g/mol. The van der Waals surface area contributed by atoms with Crippen molar-refractivity contribution in [2.45, 2.75) is 57.0 Å². The van der Waals surface area contributed by atoms with Gasteiger partial charge in [-0.3, -0.25) is 0 Å². The van der Waals surface area contributed by atoms with E-state index in [1.807, 2.05) is 30.3 Å². The quantitative estimate of drug-likeness (QED) is 0.757. The van der Waals surface area contributed by atoms with E-state index in [-0.39, 0.29) is 6.10 Å². The third-order valence-electron chi connectivity index (χ3n) is 6.84. The molecule has 1 saturated heterocycles. The monoisotopic (exact) mass is 363 g/mol. The predicted octanol–water partition coefficient (Wildman–Crippen LogP) is 5.25. The number of piperidine rings is 1. The molecule has 2 atom stereocenters. The Labute approximate surface area is 164 Å². The minimum absolute atomic E-state index is 0.328. The maximum Gasteiger partial charge on any atom is 0.0793 e. The molecule has 1 heterocycles. The van der Waals surface area contributed by atoms with Crippen molar-refractivity contribution in [1.29, 1.82) is 0 Å². The first-order chi connectivity index (χ1) is 13.1. The van der Waals surface area contributed by atoms with E-state index in [9.17, 15) is 5.11 Å². The fraction of sp³-hybridized carbons (Fsp3) is 0.520. The van der Waals surface area contributed by atoms with E-state index in [0.29, 0.717) is 11.3 Å². The number of aliphatic hydroxyl groups is 1. The lowest BCUT2D eigenvalue weighted by atomic mass is 9.64. The summed E-state index contributed by atoms with van der Waals surface area (Å²) in [6.45, 7) is 5.71. The largest absolute Gasteiger partial charge is 0.388 e. The Kier molecular flexibility index (Phi) is 5.66. The third-order valence-corrected chi connectivity index (χ3v) is 6.84. The first kappa shape index (κ1) is 18.7. The Hall–Kier alpha value is -1.64. The Morgan fingerprint density at radius 1 is 1.04 bits per heavy atom. The van der Waals surface area contributed by atoms with Gasteiger partial charge in [-0.1, -0.05) is 66.6 Å². The molecule has 27 heavy (non-hydrogen) atoms. The average Bonchev–Trinajstić information content (AvgIpc) is 2.66. The molecule has 0 amide bonds. The molecule has 2 heteroatoms. The SMILES string of the molecule is Cc1ccc(C2(CN3CCCC(CC(O)c4ccccc4)C3)CCC2)cc1. The maximum atomic E-state index is 10.6. The van der Waals surface area contributed by atoms with Crippen molar-refractivity contribution in [2.24, 2.45) is 5.92 Å². The van der Waals surface area contributed by atoms with E-state index in [1.165, 1.54) is 56.3 Å². The van der Waals surface area contributed by atoms with Crippen molar-refractivity contribution in [3.05, 3.63) is 71.3 Å². The summed E-state index contributed by atoms with van der Waals surface area (Å²) in [5.41, 5.74) is 4.31. The van der Waals surface area contributed by atoms with Crippen LogP contribution in [-0.4, -0.2) is 29.6 Å². The molecule has 0 spiro atoms. The maximum absolute atomic E-state index is 10.6. The van der Waals surface area contributed by atoms with E-state index in [0.717, 1.165) is 18.5 Å². The molecule has 1 aliphatic carbocycles. The second-order valence-electron chi connectivity index (χ2n) is 8.91. The predicted molar refractivity (Wildman–Crippen MR) is 112 cm³/mol. The Morgan fingerprint density at radius 3 is 2.44 bits per heavy atom. The van der Waals surface area contributed by atoms with Crippen LogP contribution in [0.25, 0.3) is 0 Å². The first-order valence-electron chi connectivity index (χ1n) is 10.7. The van der Waals surface area contributed by atoms with E-state index in [4.69, 9.17) is 0 Å². The number of rotatable bonds is 6. The molecule has 2 nitrogen and oxygen atoms in total. The molecular formula is C25H33NO. The van der Waals surface area contributed by atoms with Crippen LogP contribution < -0.4 is 0 Å². The van der Waals surface area contributed by atoms with Crippen LogP contribution in [-0.2, 0) is 5.41 Å². The third kappa shape index (κ3) is 4.28. The summed E-state index contributed by atoms with van der Waals surface area (Å²) in [4.78, 5) is 2.69. The highest BCUT2D eigenvalue weighted by Crippen LogP contribution is 2.45. The summed E-state index contributed by atoms with van der Waals surface area (Å²) >= 11 is 0. The number of aliphatic hydroxyl groups excluding tert-OH is 1. The topological polar surface area (TPSA) is 23.5 Å². The Morgan fingerprint density at radius 2 is 1.78 bits per heavy atom. The lowest BCUT2D eigenvalue weighted by Crippen LogP contribution is -2.48. The summed E-state index contributed by atoms with van der Waals surface area (Å²) in [7, 11) is 0. The van der Waals surface area contributed by atoms with Crippen molar-refractivity contribution in [2.75, 3.05) is 19.6 Å². The number of benzene rings is 2. The molecule has 0 aromatic heterocycles. The fourth-order valence-electron chi connectivity index (χ4n) is 5.09. The van der Waals surface area contributed by atoms with Gasteiger partial charge in [0.2, 0.25) is 0 Å². The van der Waals surface area contributed by atoms with Crippen molar-refractivity contribution >= 4 is 0 Å². The molecule has 1 saturated carbocycles. The van der Waals surface area contributed by atoms with Crippen LogP contribution in [0, 0.1) is 12.8 Å². The number of hydrogen-bond donors (Lipinski definition) is 1. The molecule has 144 valence electrons. The highest BCUT2D eigenvalue weighted by atomic mass is 16.3. The summed E-state index contributed by atoms with van der Waals surface area (Å²) in [5.74, 6) is 0.601. The van der Waals surface area contributed by atoms with Gasteiger partial charge in [-0.2, -0.15) is 0 Å². The standard InChI is InChI=1S/C25H33NO/c1-20-10-12-23(13-11-20)25(14-6-15-25)19-26-16-5-7-21(18-26)17-24(27)22-8-3-2-4-9-22/h2-4,8-13,21,24,27H,5-7,14-19H2,1H3. The van der Waals surface area contributed by atoms with Crippen molar-refractivity contribution < 1.29 is 5.11 Å². The second kappa shape index (κ2) is 8.16. The molecule has 4 rings (SSSR count). The van der Waals surface area contributed by atoms with Gasteiger partial charge in [0.1, 0.15) is 0 Å². The van der Waals surface area contributed by atoms with Crippen LogP contribution in [0.4, 0.5) is 0 Å². The number of likely N-dealkylation sites (tertiary alicyclic amines) is 1. The van der Waals surface area contributed by atoms with Gasteiger partial charge in [-0.15, -0.1) is 0 Å². The summed E-state index contributed by atoms with van der Waals surface area (Å²) in [5, 5.41) is 10.6. The van der Waals surface area contributed by atoms with Crippen LogP contribution in [0.15, 0.2) is 54.6 Å². The normalized spacial score (nSPS) is 23.6. The summed E-state index contributed by atoms with van der Waals surface area (Å²) < 4.78 is 0. The zero-order valence-corrected chi connectivity index (χ0v) is 16.6. The summed E-state index contributed by atoms with van der Waals surface area (Å²) in [6, 6.07) is 19.4. The van der Waals surface area contributed by atoms with Crippen LogP contribution in [0.1, 0.15) is 61.3 Å². The van der Waals surface area contributed by atoms with Gasteiger partial charge in [0.15, 0.2) is 0 Å². The lowest BCUT2D eigenvalue weighted by Gasteiger charge is -2.47. The molecule has 2 fully saturated rings. The van der Waals surface area contributed by atoms with Crippen LogP contribution in [0.5, 0.6) is 0 Å². The molecule has 2 aromatic rings. The molecule has 2 unspecified atom stereocenters. The van der Waals surface area contributed by atoms with Gasteiger partial charge < -0.3 is 10.0 Å². The molecule has 2 aliphatic rings.